The smallest absolute Gasteiger partial charge is 0.462 e. The highest BCUT2D eigenvalue weighted by atomic mass is 31.2. The molecule has 0 aromatic heterocycles. The number of hydrogen-bond acceptors (Lipinski definition) is 8. The number of esters is 2. The molecule has 0 aliphatic rings. The molecule has 0 heterocycles. The van der Waals surface area contributed by atoms with E-state index in [9.17, 15) is 19.0 Å². The van der Waals surface area contributed by atoms with Crippen molar-refractivity contribution < 1.29 is 37.6 Å². The second-order valence-electron chi connectivity index (χ2n) is 23.3. The van der Waals surface area contributed by atoms with Gasteiger partial charge in [0.25, 0.3) is 0 Å². The van der Waals surface area contributed by atoms with Crippen LogP contribution in [0.4, 0.5) is 0 Å². The van der Waals surface area contributed by atoms with Crippen LogP contribution in [0.1, 0.15) is 296 Å². The van der Waals surface area contributed by atoms with Crippen LogP contribution in [0.3, 0.4) is 0 Å². The summed E-state index contributed by atoms with van der Waals surface area (Å²) in [6.07, 6.45) is 106. The molecule has 0 amide bonds. The van der Waals surface area contributed by atoms with Crippen LogP contribution in [-0.2, 0) is 32.7 Å². The second-order valence-corrected chi connectivity index (χ2v) is 24.8. The number of unbranched alkanes of at least 4 members (excludes halogenated alkanes) is 27. The van der Waals surface area contributed by atoms with E-state index in [1.165, 1.54) is 141 Å². The van der Waals surface area contributed by atoms with E-state index in [0.717, 1.165) is 122 Å². The largest absolute Gasteiger partial charge is 0.472 e. The van der Waals surface area contributed by atoms with Crippen molar-refractivity contribution in [2.75, 3.05) is 26.4 Å². The molecule has 10 heteroatoms. The minimum Gasteiger partial charge on any atom is -0.462 e. The van der Waals surface area contributed by atoms with E-state index >= 15 is 0 Å². The molecule has 0 aromatic carbocycles. The van der Waals surface area contributed by atoms with Crippen molar-refractivity contribution in [3.05, 3.63) is 158 Å². The SMILES string of the molecule is CC/C=C\C/C=C\C/C=C\C/C=C\C/C=C\C/C=C\C/C=C\CCCCCCCCCCCCCCCCCC(=O)OC(COC(=O)CCCCCCCCCCCCCC/C=C\C/C=C\C/C=C\C/C=C\C/C=C\C/C=C\CC)COP(=O)(O)OCCN. The second kappa shape index (κ2) is 72.7. The van der Waals surface area contributed by atoms with E-state index in [-0.39, 0.29) is 38.6 Å². The van der Waals surface area contributed by atoms with Crippen molar-refractivity contribution in [1.29, 1.82) is 0 Å². The number of nitrogens with two attached hydrogens (primary N) is 1. The Labute approximate surface area is 547 Å². The molecule has 0 aromatic rings. The minimum absolute atomic E-state index is 0.0473. The number of allylic oxidation sites excluding steroid dienone is 26. The molecular weight excluding hydrogens is 1120 g/mol. The Kier molecular flexibility index (Phi) is 69.1. The Morgan fingerprint density at radius 2 is 0.584 bits per heavy atom. The minimum atomic E-state index is -4.40. The van der Waals surface area contributed by atoms with Gasteiger partial charge in [-0.05, 0) is 122 Å². The average Bonchev–Trinajstić information content (AvgIpc) is 3.68. The molecule has 2 atom stereocenters. The molecule has 89 heavy (non-hydrogen) atoms. The lowest BCUT2D eigenvalue weighted by Gasteiger charge is -2.19. The summed E-state index contributed by atoms with van der Waals surface area (Å²) in [4.78, 5) is 35.4. The summed E-state index contributed by atoms with van der Waals surface area (Å²) in [7, 11) is -4.40. The fourth-order valence-electron chi connectivity index (χ4n) is 9.68. The Morgan fingerprint density at radius 3 is 0.865 bits per heavy atom. The number of carbonyl (C=O) groups excluding carboxylic acids is 2. The third kappa shape index (κ3) is 72.6. The molecule has 0 bridgehead atoms. The summed E-state index contributed by atoms with van der Waals surface area (Å²) in [6.45, 7) is 3.52. The van der Waals surface area contributed by atoms with Gasteiger partial charge in [-0.2, -0.15) is 0 Å². The maximum Gasteiger partial charge on any atom is 0.472 e. The van der Waals surface area contributed by atoms with Gasteiger partial charge < -0.3 is 20.1 Å². The topological polar surface area (TPSA) is 134 Å². The first kappa shape index (κ1) is 84.6. The number of phosphoric acid groups is 1. The first-order valence-corrected chi connectivity index (χ1v) is 37.5. The van der Waals surface area contributed by atoms with Crippen LogP contribution in [0.25, 0.3) is 0 Å². The molecule has 9 nitrogen and oxygen atoms in total. The number of hydrogen-bond donors (Lipinski definition) is 2. The zero-order valence-electron chi connectivity index (χ0n) is 56.9. The quantitative estimate of drug-likeness (QED) is 0.0264. The molecule has 0 aliphatic heterocycles. The first-order chi connectivity index (χ1) is 43.8. The molecule has 506 valence electrons. The Bertz CT molecular complexity index is 2020. The van der Waals surface area contributed by atoms with Gasteiger partial charge in [-0.1, -0.05) is 320 Å². The number of ether oxygens (including phenoxy) is 2. The highest BCUT2D eigenvalue weighted by Crippen LogP contribution is 2.43. The van der Waals surface area contributed by atoms with Crippen molar-refractivity contribution in [1.82, 2.24) is 0 Å². The molecule has 0 radical (unpaired) electrons. The van der Waals surface area contributed by atoms with Gasteiger partial charge in [0.2, 0.25) is 0 Å². The molecule has 0 fully saturated rings. The van der Waals surface area contributed by atoms with Crippen molar-refractivity contribution in [2.45, 2.75) is 302 Å². The van der Waals surface area contributed by atoms with E-state index in [0.29, 0.717) is 6.42 Å². The summed E-state index contributed by atoms with van der Waals surface area (Å²) in [5, 5.41) is 0. The summed E-state index contributed by atoms with van der Waals surface area (Å²) < 4.78 is 33.2. The van der Waals surface area contributed by atoms with E-state index in [1.807, 2.05) is 0 Å². The van der Waals surface area contributed by atoms with Crippen LogP contribution in [0.5, 0.6) is 0 Å². The zero-order valence-corrected chi connectivity index (χ0v) is 57.8. The van der Waals surface area contributed by atoms with Crippen LogP contribution in [0.15, 0.2) is 158 Å². The lowest BCUT2D eigenvalue weighted by Crippen LogP contribution is -2.29. The molecule has 3 N–H and O–H groups in total. The van der Waals surface area contributed by atoms with Crippen molar-refractivity contribution in [3.63, 3.8) is 0 Å². The Hall–Kier alpha value is -4.37. The monoisotopic (exact) mass is 1250 g/mol. The van der Waals surface area contributed by atoms with Crippen LogP contribution in [0.2, 0.25) is 0 Å². The normalized spacial score (nSPS) is 13.9. The maximum absolute atomic E-state index is 12.8. The molecule has 0 saturated carbocycles. The summed E-state index contributed by atoms with van der Waals surface area (Å²) in [5.41, 5.74) is 5.41. The van der Waals surface area contributed by atoms with Gasteiger partial charge in [0.1, 0.15) is 6.61 Å². The molecule has 0 aliphatic carbocycles. The third-order valence-electron chi connectivity index (χ3n) is 14.9. The number of carbonyl (C=O) groups is 2. The summed E-state index contributed by atoms with van der Waals surface area (Å²) in [5.74, 6) is -0.831. The van der Waals surface area contributed by atoms with Gasteiger partial charge in [0, 0.05) is 19.4 Å². The van der Waals surface area contributed by atoms with Gasteiger partial charge in [-0.3, -0.25) is 18.6 Å². The zero-order chi connectivity index (χ0) is 64.4. The van der Waals surface area contributed by atoms with Crippen LogP contribution >= 0.6 is 7.82 Å². The lowest BCUT2D eigenvalue weighted by molar-refractivity contribution is -0.161. The predicted octanol–water partition coefficient (Wildman–Crippen LogP) is 24.0. The Balaban J connectivity index is 3.91. The van der Waals surface area contributed by atoms with Crippen molar-refractivity contribution in [3.8, 4) is 0 Å². The molecule has 0 rings (SSSR count). The van der Waals surface area contributed by atoms with Crippen LogP contribution < -0.4 is 5.73 Å². The highest BCUT2D eigenvalue weighted by Gasteiger charge is 2.26. The Morgan fingerprint density at radius 1 is 0.337 bits per heavy atom. The van der Waals surface area contributed by atoms with E-state index < -0.39 is 26.5 Å². The van der Waals surface area contributed by atoms with E-state index in [4.69, 9.17) is 24.3 Å². The first-order valence-electron chi connectivity index (χ1n) is 36.0. The fourth-order valence-corrected chi connectivity index (χ4v) is 10.4. The molecule has 2 unspecified atom stereocenters. The highest BCUT2D eigenvalue weighted by molar-refractivity contribution is 7.47. The summed E-state index contributed by atoms with van der Waals surface area (Å²) in [6, 6.07) is 0. The molecule has 0 spiro atoms. The van der Waals surface area contributed by atoms with Gasteiger partial charge in [0.05, 0.1) is 13.2 Å². The summed E-state index contributed by atoms with van der Waals surface area (Å²) >= 11 is 0. The average molecular weight is 1250 g/mol. The van der Waals surface area contributed by atoms with Crippen molar-refractivity contribution in [2.24, 2.45) is 5.73 Å². The van der Waals surface area contributed by atoms with Crippen molar-refractivity contribution >= 4 is 19.8 Å². The molecule has 0 saturated heterocycles. The predicted molar refractivity (Wildman–Crippen MR) is 385 cm³/mol. The number of rotatable bonds is 66. The van der Waals surface area contributed by atoms with Crippen LogP contribution in [0, 0.1) is 0 Å². The standard InChI is InChI=1S/C79H132NO8P/c1-3-5-7-9-11-13-15-17-19-21-23-25-27-29-31-33-35-36-37-38-39-40-42-44-46-48-50-52-54-56-58-60-62-64-66-68-70-72-79(82)88-77(76-87-89(83,84)86-74-73-80)75-85-78(81)71-69-67-65-63-61-59-57-55-53-51-49-47-45-43-41-34-32-30-28-26-24-22-20-18-16-14-12-10-8-6-4-2/h5-8,11-14,17-20,23-26,29-32,35-36,38-39,41,43,77H,3-4,9-10,15-16,21-22,27-28,33-34,37,40,42,44-76,80H2,1-2H3,(H,83,84)/b7-5-,8-6-,13-11-,14-12-,19-17-,20-18-,25-23-,26-24-,31-29-,32-30-,36-35-,39-38-,43-41-. The van der Waals surface area contributed by atoms with Gasteiger partial charge in [-0.15, -0.1) is 0 Å². The fraction of sp³-hybridized carbons (Fsp3) is 0.646. The molecular formula is C79H132NO8P. The van der Waals surface area contributed by atoms with Gasteiger partial charge >= 0.3 is 19.8 Å². The van der Waals surface area contributed by atoms with Crippen LogP contribution in [-0.4, -0.2) is 49.3 Å². The third-order valence-corrected chi connectivity index (χ3v) is 15.9. The lowest BCUT2D eigenvalue weighted by atomic mass is 10.0. The number of phosphoric ester groups is 1. The van der Waals surface area contributed by atoms with Gasteiger partial charge in [0.15, 0.2) is 6.10 Å². The van der Waals surface area contributed by atoms with E-state index in [2.05, 4.69) is 172 Å². The van der Waals surface area contributed by atoms with E-state index in [1.54, 1.807) is 0 Å². The maximum atomic E-state index is 12.8. The van der Waals surface area contributed by atoms with Gasteiger partial charge in [-0.25, -0.2) is 4.57 Å².